The van der Waals surface area contributed by atoms with Crippen LogP contribution >= 0.6 is 0 Å². The molecular formula is C16H22N2O2S. The second-order valence-corrected chi connectivity index (χ2v) is 7.26. The predicted octanol–water partition coefficient (Wildman–Crippen LogP) is 2.77. The van der Waals surface area contributed by atoms with Crippen molar-refractivity contribution >= 4 is 10.0 Å². The number of hydrogen-bond acceptors (Lipinski definition) is 2. The van der Waals surface area contributed by atoms with Gasteiger partial charge in [0.05, 0.1) is 4.90 Å². The first-order valence-electron chi connectivity index (χ1n) is 7.01. The molecule has 0 unspecified atom stereocenters. The molecule has 0 fully saturated rings. The molecule has 1 heterocycles. The van der Waals surface area contributed by atoms with Crippen LogP contribution in [0.15, 0.2) is 29.2 Å². The maximum Gasteiger partial charge on any atom is 0.240 e. The molecule has 1 aromatic heterocycles. The number of aryl methyl sites for hydroxylation is 4. The minimum atomic E-state index is -3.44. The number of aromatic amines is 1. The van der Waals surface area contributed by atoms with Crippen molar-refractivity contribution in [2.45, 2.75) is 39.0 Å². The number of H-pyrrole nitrogens is 1. The van der Waals surface area contributed by atoms with Gasteiger partial charge in [0.2, 0.25) is 10.0 Å². The lowest BCUT2D eigenvalue weighted by Crippen LogP contribution is -2.26. The van der Waals surface area contributed by atoms with Gasteiger partial charge in [-0.1, -0.05) is 6.07 Å². The van der Waals surface area contributed by atoms with Gasteiger partial charge in [-0.05, 0) is 69.0 Å². The molecule has 0 atom stereocenters. The fourth-order valence-corrected chi connectivity index (χ4v) is 3.44. The van der Waals surface area contributed by atoms with Crippen LogP contribution in [0.5, 0.6) is 0 Å². The fraction of sp³-hybridized carbons (Fsp3) is 0.375. The summed E-state index contributed by atoms with van der Waals surface area (Å²) in [7, 11) is -3.44. The van der Waals surface area contributed by atoms with Crippen LogP contribution in [0, 0.1) is 27.7 Å². The zero-order valence-electron chi connectivity index (χ0n) is 12.9. The Kier molecular flexibility index (Phi) is 4.54. The van der Waals surface area contributed by atoms with Crippen LogP contribution in [0.3, 0.4) is 0 Å². The number of benzene rings is 1. The summed E-state index contributed by atoms with van der Waals surface area (Å²) in [6.45, 7) is 8.28. The summed E-state index contributed by atoms with van der Waals surface area (Å²) in [5.41, 5.74) is 5.41. The Morgan fingerprint density at radius 2 is 1.76 bits per heavy atom. The molecule has 0 aliphatic rings. The summed E-state index contributed by atoms with van der Waals surface area (Å²) in [5, 5.41) is 0. The first kappa shape index (κ1) is 15.8. The molecule has 2 aromatic rings. The molecule has 0 aliphatic heterocycles. The van der Waals surface area contributed by atoms with Crippen molar-refractivity contribution in [3.63, 3.8) is 0 Å². The molecule has 0 aliphatic carbocycles. The van der Waals surface area contributed by atoms with Crippen molar-refractivity contribution < 1.29 is 8.42 Å². The van der Waals surface area contributed by atoms with E-state index in [0.29, 0.717) is 17.9 Å². The molecular weight excluding hydrogens is 284 g/mol. The highest BCUT2D eigenvalue weighted by Crippen LogP contribution is 2.15. The van der Waals surface area contributed by atoms with Gasteiger partial charge < -0.3 is 4.98 Å². The van der Waals surface area contributed by atoms with Crippen molar-refractivity contribution in [1.29, 1.82) is 0 Å². The summed E-state index contributed by atoms with van der Waals surface area (Å²) >= 11 is 0. The Hall–Kier alpha value is -1.59. The third kappa shape index (κ3) is 3.74. The van der Waals surface area contributed by atoms with Crippen molar-refractivity contribution in [3.8, 4) is 0 Å². The molecule has 0 radical (unpaired) electrons. The smallest absolute Gasteiger partial charge is 0.240 e. The molecule has 0 saturated heterocycles. The Labute approximate surface area is 126 Å². The summed E-state index contributed by atoms with van der Waals surface area (Å²) in [4.78, 5) is 3.55. The van der Waals surface area contributed by atoms with Gasteiger partial charge in [-0.3, -0.25) is 0 Å². The second kappa shape index (κ2) is 6.03. The van der Waals surface area contributed by atoms with E-state index < -0.39 is 10.0 Å². The van der Waals surface area contributed by atoms with Crippen molar-refractivity contribution in [2.75, 3.05) is 6.54 Å². The van der Waals surface area contributed by atoms with Crippen molar-refractivity contribution in [2.24, 2.45) is 0 Å². The lowest BCUT2D eigenvalue weighted by molar-refractivity contribution is 0.581. The molecule has 4 nitrogen and oxygen atoms in total. The molecule has 2 rings (SSSR count). The zero-order valence-corrected chi connectivity index (χ0v) is 13.8. The minimum Gasteiger partial charge on any atom is -0.362 e. The third-order valence-electron chi connectivity index (χ3n) is 3.73. The van der Waals surface area contributed by atoms with E-state index in [0.717, 1.165) is 28.1 Å². The van der Waals surface area contributed by atoms with E-state index in [1.807, 2.05) is 33.8 Å². The van der Waals surface area contributed by atoms with E-state index in [1.54, 1.807) is 12.1 Å². The molecule has 5 heteroatoms. The van der Waals surface area contributed by atoms with E-state index in [9.17, 15) is 8.42 Å². The van der Waals surface area contributed by atoms with Crippen molar-refractivity contribution in [3.05, 3.63) is 52.3 Å². The average molecular weight is 306 g/mol. The van der Waals surface area contributed by atoms with Crippen LogP contribution in [0.4, 0.5) is 0 Å². The number of rotatable bonds is 5. The van der Waals surface area contributed by atoms with Crippen LogP contribution in [-0.4, -0.2) is 19.9 Å². The third-order valence-corrected chi connectivity index (χ3v) is 5.19. The van der Waals surface area contributed by atoms with Crippen molar-refractivity contribution in [1.82, 2.24) is 9.71 Å². The first-order valence-corrected chi connectivity index (χ1v) is 8.50. The second-order valence-electron chi connectivity index (χ2n) is 5.50. The van der Waals surface area contributed by atoms with Gasteiger partial charge in [-0.25, -0.2) is 13.1 Å². The van der Waals surface area contributed by atoms with Crippen LogP contribution in [0.1, 0.15) is 28.1 Å². The van der Waals surface area contributed by atoms with E-state index in [2.05, 4.69) is 15.8 Å². The maximum absolute atomic E-state index is 12.3. The van der Waals surface area contributed by atoms with Gasteiger partial charge in [-0.15, -0.1) is 0 Å². The van der Waals surface area contributed by atoms with E-state index in [1.165, 1.54) is 0 Å². The van der Waals surface area contributed by atoms with E-state index in [4.69, 9.17) is 0 Å². The lowest BCUT2D eigenvalue weighted by atomic mass is 10.1. The molecule has 21 heavy (non-hydrogen) atoms. The van der Waals surface area contributed by atoms with Gasteiger partial charge >= 0.3 is 0 Å². The van der Waals surface area contributed by atoms with E-state index in [-0.39, 0.29) is 0 Å². The van der Waals surface area contributed by atoms with Gasteiger partial charge in [0.15, 0.2) is 0 Å². The van der Waals surface area contributed by atoms with Crippen LogP contribution in [0.2, 0.25) is 0 Å². The number of sulfonamides is 1. The van der Waals surface area contributed by atoms with Crippen LogP contribution in [-0.2, 0) is 16.4 Å². The lowest BCUT2D eigenvalue weighted by Gasteiger charge is -2.08. The Bertz CT molecular complexity index is 746. The fourth-order valence-electron chi connectivity index (χ4n) is 2.33. The molecule has 2 N–H and O–H groups in total. The normalized spacial score (nSPS) is 11.8. The predicted molar refractivity (Wildman–Crippen MR) is 85.1 cm³/mol. The van der Waals surface area contributed by atoms with Crippen LogP contribution < -0.4 is 4.72 Å². The highest BCUT2D eigenvalue weighted by Gasteiger charge is 2.14. The molecule has 0 bridgehead atoms. The quantitative estimate of drug-likeness (QED) is 0.892. The molecule has 1 aromatic carbocycles. The summed E-state index contributed by atoms with van der Waals surface area (Å²) in [5.74, 6) is 0. The van der Waals surface area contributed by atoms with E-state index >= 15 is 0 Å². The highest BCUT2D eigenvalue weighted by molar-refractivity contribution is 7.89. The minimum absolute atomic E-state index is 0.326. The number of nitrogens with one attached hydrogen (secondary N) is 2. The highest BCUT2D eigenvalue weighted by atomic mass is 32.2. The average Bonchev–Trinajstić information content (AvgIpc) is 2.71. The van der Waals surface area contributed by atoms with Gasteiger partial charge in [0, 0.05) is 17.9 Å². The summed E-state index contributed by atoms with van der Waals surface area (Å²) in [6, 6.07) is 7.25. The topological polar surface area (TPSA) is 62.0 Å². The monoisotopic (exact) mass is 306 g/mol. The summed E-state index contributed by atoms with van der Waals surface area (Å²) < 4.78 is 27.2. The van der Waals surface area contributed by atoms with Gasteiger partial charge in [0.25, 0.3) is 0 Å². The largest absolute Gasteiger partial charge is 0.362 e. The Morgan fingerprint density at radius 1 is 1.05 bits per heavy atom. The van der Waals surface area contributed by atoms with Crippen LogP contribution in [0.25, 0.3) is 0 Å². The van der Waals surface area contributed by atoms with Gasteiger partial charge in [-0.2, -0.15) is 0 Å². The maximum atomic E-state index is 12.3. The summed E-state index contributed by atoms with van der Waals surface area (Å²) in [6.07, 6.45) is 0.681. The number of aromatic nitrogens is 1. The molecule has 0 spiro atoms. The Morgan fingerprint density at radius 3 is 2.33 bits per heavy atom. The number of hydrogen-bond donors (Lipinski definition) is 2. The Balaban J connectivity index is 2.04. The standard InChI is InChI=1S/C16H22N2O2S/c1-11-5-6-16(9-12(11)2)21(19,20)17-8-7-15-10-13(3)18-14(15)4/h5-6,9-10,17-18H,7-8H2,1-4H3. The SMILES string of the molecule is Cc1cc(CCNS(=O)(=O)c2ccc(C)c(C)c2)c(C)[nH]1. The first-order chi connectivity index (χ1) is 9.79. The molecule has 0 saturated carbocycles. The molecule has 114 valence electrons. The molecule has 0 amide bonds. The zero-order chi connectivity index (χ0) is 15.6. The van der Waals surface area contributed by atoms with Gasteiger partial charge in [0.1, 0.15) is 0 Å².